The van der Waals surface area contributed by atoms with E-state index in [9.17, 15) is 8.42 Å². The third-order valence-corrected chi connectivity index (χ3v) is 6.56. The third kappa shape index (κ3) is 3.51. The van der Waals surface area contributed by atoms with Gasteiger partial charge in [-0.15, -0.1) is 0 Å². The van der Waals surface area contributed by atoms with Gasteiger partial charge in [0.05, 0.1) is 22.4 Å². The number of anilines is 1. The van der Waals surface area contributed by atoms with Crippen molar-refractivity contribution in [1.29, 1.82) is 0 Å². The number of hydrogen-bond acceptors (Lipinski definition) is 4. The molecule has 7 nitrogen and oxygen atoms in total. The molecule has 2 N–H and O–H groups in total. The number of imidazole rings is 1. The van der Waals surface area contributed by atoms with Crippen molar-refractivity contribution in [1.82, 2.24) is 19.7 Å². The molecule has 0 spiro atoms. The van der Waals surface area contributed by atoms with Crippen LogP contribution in [0.4, 0.5) is 5.69 Å². The van der Waals surface area contributed by atoms with E-state index in [4.69, 9.17) is 0 Å². The van der Waals surface area contributed by atoms with Crippen molar-refractivity contribution in [2.24, 2.45) is 0 Å². The Kier molecular flexibility index (Phi) is 4.66. The van der Waals surface area contributed by atoms with Gasteiger partial charge in [-0.05, 0) is 69.7 Å². The van der Waals surface area contributed by atoms with E-state index in [0.717, 1.165) is 28.0 Å². The molecule has 2 aromatic carbocycles. The van der Waals surface area contributed by atoms with Crippen LogP contribution in [-0.4, -0.2) is 28.2 Å². The van der Waals surface area contributed by atoms with Crippen molar-refractivity contribution in [3.63, 3.8) is 0 Å². The molecule has 0 atom stereocenters. The molecule has 0 unspecified atom stereocenters. The van der Waals surface area contributed by atoms with Gasteiger partial charge in [0.15, 0.2) is 0 Å². The minimum absolute atomic E-state index is 0.232. The van der Waals surface area contributed by atoms with Crippen molar-refractivity contribution in [3.05, 3.63) is 59.4 Å². The maximum Gasteiger partial charge on any atom is 0.265 e. The summed E-state index contributed by atoms with van der Waals surface area (Å²) in [6, 6.07) is 13.2. The molecule has 0 aliphatic heterocycles. The van der Waals surface area contributed by atoms with Crippen molar-refractivity contribution >= 4 is 26.7 Å². The number of sulfonamides is 1. The Morgan fingerprint density at radius 2 is 1.79 bits per heavy atom. The summed E-state index contributed by atoms with van der Waals surface area (Å²) in [5, 5.41) is 4.30. The minimum atomic E-state index is -3.72. The smallest absolute Gasteiger partial charge is 0.265 e. The molecule has 0 bridgehead atoms. The summed E-state index contributed by atoms with van der Waals surface area (Å²) < 4.78 is 30.1. The monoisotopic (exact) mass is 409 g/mol. The Hall–Kier alpha value is -3.13. The Bertz CT molecular complexity index is 1300. The fourth-order valence-corrected chi connectivity index (χ4v) is 5.01. The maximum atomic E-state index is 12.9. The molecule has 0 aliphatic carbocycles. The normalized spacial score (nSPS) is 11.9. The minimum Gasteiger partial charge on any atom is -0.338 e. The predicted molar refractivity (Wildman–Crippen MR) is 114 cm³/mol. The first-order valence-corrected chi connectivity index (χ1v) is 10.9. The van der Waals surface area contributed by atoms with Crippen LogP contribution in [0.5, 0.6) is 0 Å². The molecule has 0 aliphatic rings. The topological polar surface area (TPSA) is 92.7 Å². The quantitative estimate of drug-likeness (QED) is 0.517. The van der Waals surface area contributed by atoms with Crippen LogP contribution in [0.25, 0.3) is 22.4 Å². The van der Waals surface area contributed by atoms with Crippen molar-refractivity contribution < 1.29 is 8.42 Å². The zero-order valence-corrected chi connectivity index (χ0v) is 17.6. The molecule has 8 heteroatoms. The first-order valence-electron chi connectivity index (χ1n) is 9.42. The van der Waals surface area contributed by atoms with E-state index in [1.54, 1.807) is 30.7 Å². The van der Waals surface area contributed by atoms with Crippen molar-refractivity contribution in [2.45, 2.75) is 39.1 Å². The average Bonchev–Trinajstić information content (AvgIpc) is 3.21. The van der Waals surface area contributed by atoms with Crippen LogP contribution in [0.2, 0.25) is 0 Å². The lowest BCUT2D eigenvalue weighted by atomic mass is 10.2. The lowest BCUT2D eigenvalue weighted by Gasteiger charge is -2.09. The van der Waals surface area contributed by atoms with Crippen LogP contribution in [-0.2, 0) is 16.6 Å². The molecule has 0 amide bonds. The lowest BCUT2D eigenvalue weighted by molar-refractivity contribution is 0.598. The van der Waals surface area contributed by atoms with Gasteiger partial charge in [0, 0.05) is 17.8 Å². The summed E-state index contributed by atoms with van der Waals surface area (Å²) in [5.41, 5.74) is 5.53. The van der Waals surface area contributed by atoms with Crippen molar-refractivity contribution in [2.75, 3.05) is 4.72 Å². The van der Waals surface area contributed by atoms with Gasteiger partial charge in [-0.3, -0.25) is 9.40 Å². The molecular weight excluding hydrogens is 386 g/mol. The second kappa shape index (κ2) is 7.04. The molecule has 0 saturated carbocycles. The predicted octanol–water partition coefficient (Wildman–Crippen LogP) is 4.17. The Labute approximate surface area is 169 Å². The molecule has 0 fully saturated rings. The highest BCUT2D eigenvalue weighted by Gasteiger charge is 2.24. The standard InChI is InChI=1S/C21H23N5O2S/c1-5-26-15(4)20(14(3)24-26)29(27,28)25-17-9-7-16(8-10-17)21-22-18-11-6-13(2)12-19(18)23-21/h6-12,25H,5H2,1-4H3,(H,22,23). The number of rotatable bonds is 5. The number of aromatic amines is 1. The third-order valence-electron chi connectivity index (χ3n) is 4.93. The van der Waals surface area contributed by atoms with Gasteiger partial charge in [-0.25, -0.2) is 13.4 Å². The maximum absolute atomic E-state index is 12.9. The van der Waals surface area contributed by atoms with Gasteiger partial charge in [0.25, 0.3) is 10.0 Å². The van der Waals surface area contributed by atoms with Crippen LogP contribution in [0.3, 0.4) is 0 Å². The number of benzene rings is 2. The lowest BCUT2D eigenvalue weighted by Crippen LogP contribution is -2.15. The molecule has 0 saturated heterocycles. The summed E-state index contributed by atoms with van der Waals surface area (Å²) in [6.07, 6.45) is 0. The molecule has 150 valence electrons. The van der Waals surface area contributed by atoms with Crippen molar-refractivity contribution in [3.8, 4) is 11.4 Å². The fourth-order valence-electron chi connectivity index (χ4n) is 3.54. The zero-order chi connectivity index (χ0) is 20.8. The highest BCUT2D eigenvalue weighted by Crippen LogP contribution is 2.26. The molecule has 2 aromatic heterocycles. The average molecular weight is 410 g/mol. The number of nitrogens with one attached hydrogen (secondary N) is 2. The molecule has 29 heavy (non-hydrogen) atoms. The van der Waals surface area contributed by atoms with Crippen LogP contribution >= 0.6 is 0 Å². The highest BCUT2D eigenvalue weighted by atomic mass is 32.2. The van der Waals surface area contributed by atoms with Crippen LogP contribution in [0.1, 0.15) is 23.9 Å². The van der Waals surface area contributed by atoms with E-state index in [2.05, 4.69) is 25.9 Å². The van der Waals surface area contributed by atoms with Gasteiger partial charge in [-0.1, -0.05) is 6.07 Å². The van der Waals surface area contributed by atoms with E-state index in [1.807, 2.05) is 38.1 Å². The van der Waals surface area contributed by atoms with Crippen LogP contribution in [0, 0.1) is 20.8 Å². The molecular formula is C21H23N5O2S. The summed E-state index contributed by atoms with van der Waals surface area (Å²) in [5.74, 6) is 0.746. The number of aromatic nitrogens is 4. The Balaban J connectivity index is 1.61. The SMILES string of the molecule is CCn1nc(C)c(S(=O)(=O)Nc2ccc(-c3nc4ccc(C)cc4[nH]3)cc2)c1C. The number of nitrogens with zero attached hydrogens (tertiary/aromatic N) is 3. The first-order chi connectivity index (χ1) is 13.8. The summed E-state index contributed by atoms with van der Waals surface area (Å²) in [4.78, 5) is 8.15. The second-order valence-electron chi connectivity index (χ2n) is 7.10. The number of H-pyrrole nitrogens is 1. The number of fused-ring (bicyclic) bond motifs is 1. The number of hydrogen-bond donors (Lipinski definition) is 2. The molecule has 2 heterocycles. The van der Waals surface area contributed by atoms with E-state index in [0.29, 0.717) is 23.6 Å². The second-order valence-corrected chi connectivity index (χ2v) is 8.72. The Morgan fingerprint density at radius 1 is 1.07 bits per heavy atom. The highest BCUT2D eigenvalue weighted by molar-refractivity contribution is 7.92. The summed E-state index contributed by atoms with van der Waals surface area (Å²) in [6.45, 7) is 8.06. The number of aryl methyl sites for hydroxylation is 3. The van der Waals surface area contributed by atoms with Crippen LogP contribution < -0.4 is 4.72 Å². The van der Waals surface area contributed by atoms with Gasteiger partial charge in [0.2, 0.25) is 0 Å². The largest absolute Gasteiger partial charge is 0.338 e. The van der Waals surface area contributed by atoms with Gasteiger partial charge >= 0.3 is 0 Å². The van der Waals surface area contributed by atoms with Crippen LogP contribution in [0.15, 0.2) is 47.4 Å². The van der Waals surface area contributed by atoms with E-state index < -0.39 is 10.0 Å². The van der Waals surface area contributed by atoms with E-state index in [-0.39, 0.29) is 4.90 Å². The molecule has 4 aromatic rings. The Morgan fingerprint density at radius 3 is 2.45 bits per heavy atom. The first kappa shape index (κ1) is 19.2. The van der Waals surface area contributed by atoms with Gasteiger partial charge < -0.3 is 4.98 Å². The molecule has 0 radical (unpaired) electrons. The zero-order valence-electron chi connectivity index (χ0n) is 16.8. The summed E-state index contributed by atoms with van der Waals surface area (Å²) >= 11 is 0. The van der Waals surface area contributed by atoms with Gasteiger partial charge in [-0.2, -0.15) is 5.10 Å². The fraction of sp³-hybridized carbons (Fsp3) is 0.238. The summed E-state index contributed by atoms with van der Waals surface area (Å²) in [7, 11) is -3.72. The van der Waals surface area contributed by atoms with E-state index in [1.165, 1.54) is 0 Å². The molecule has 4 rings (SSSR count). The van der Waals surface area contributed by atoms with E-state index >= 15 is 0 Å². The van der Waals surface area contributed by atoms with Gasteiger partial charge in [0.1, 0.15) is 10.7 Å².